The molecular weight excluding hydrogens is 303 g/mol. The first-order chi connectivity index (χ1) is 11.8. The fourth-order valence-corrected chi connectivity index (χ4v) is 3.05. The number of fused-ring (bicyclic) bond motifs is 1. The van der Waals surface area contributed by atoms with Crippen molar-refractivity contribution in [2.45, 2.75) is 19.4 Å². The summed E-state index contributed by atoms with van der Waals surface area (Å²) in [4.78, 5) is 11.7. The first-order valence-electron chi connectivity index (χ1n) is 8.30. The average Bonchev–Trinajstić information content (AvgIpc) is 3.15. The minimum Gasteiger partial charge on any atom is -0.365 e. The van der Waals surface area contributed by atoms with Crippen molar-refractivity contribution in [3.8, 4) is 0 Å². The zero-order chi connectivity index (χ0) is 16.4. The second-order valence-corrected chi connectivity index (χ2v) is 6.06. The Kier molecular flexibility index (Phi) is 3.99. The van der Waals surface area contributed by atoms with Gasteiger partial charge in [0.05, 0.1) is 5.52 Å². The highest BCUT2D eigenvalue weighted by Gasteiger charge is 2.17. The lowest BCUT2D eigenvalue weighted by Crippen LogP contribution is -2.21. The van der Waals surface area contributed by atoms with Crippen molar-refractivity contribution < 1.29 is 4.39 Å². The zero-order valence-electron chi connectivity index (χ0n) is 13.4. The van der Waals surface area contributed by atoms with E-state index in [0.717, 1.165) is 41.3 Å². The molecule has 1 aromatic heterocycles. The maximum Gasteiger partial charge on any atom is 0.227 e. The number of benzene rings is 2. The number of anilines is 2. The molecule has 0 saturated carbocycles. The topological polar surface area (TPSA) is 41.1 Å². The van der Waals surface area contributed by atoms with E-state index in [-0.39, 0.29) is 5.82 Å². The van der Waals surface area contributed by atoms with Crippen LogP contribution in [0.25, 0.3) is 10.9 Å². The van der Waals surface area contributed by atoms with Crippen LogP contribution in [0.4, 0.5) is 16.2 Å². The average molecular weight is 322 g/mol. The van der Waals surface area contributed by atoms with Crippen LogP contribution in [0, 0.1) is 5.82 Å². The number of halogens is 1. The maximum atomic E-state index is 13.0. The number of hydrogen-bond donors (Lipinski definition) is 1. The van der Waals surface area contributed by atoms with Crippen LogP contribution < -0.4 is 10.2 Å². The van der Waals surface area contributed by atoms with Crippen molar-refractivity contribution in [2.24, 2.45) is 0 Å². The van der Waals surface area contributed by atoms with Gasteiger partial charge in [-0.2, -0.15) is 4.98 Å². The van der Waals surface area contributed by atoms with Gasteiger partial charge in [0.1, 0.15) is 11.6 Å². The van der Waals surface area contributed by atoms with E-state index in [9.17, 15) is 4.39 Å². The minimum absolute atomic E-state index is 0.220. The second-order valence-electron chi connectivity index (χ2n) is 6.06. The van der Waals surface area contributed by atoms with E-state index < -0.39 is 0 Å². The van der Waals surface area contributed by atoms with E-state index in [2.05, 4.69) is 10.2 Å². The van der Waals surface area contributed by atoms with Crippen molar-refractivity contribution in [1.82, 2.24) is 9.97 Å². The van der Waals surface area contributed by atoms with Crippen LogP contribution in [0.1, 0.15) is 18.4 Å². The molecule has 0 bridgehead atoms. The van der Waals surface area contributed by atoms with Crippen molar-refractivity contribution in [1.29, 1.82) is 0 Å². The molecule has 1 saturated heterocycles. The summed E-state index contributed by atoms with van der Waals surface area (Å²) >= 11 is 0. The Morgan fingerprint density at radius 1 is 0.958 bits per heavy atom. The smallest absolute Gasteiger partial charge is 0.227 e. The first kappa shape index (κ1) is 14.9. The number of rotatable bonds is 4. The fourth-order valence-electron chi connectivity index (χ4n) is 3.05. The van der Waals surface area contributed by atoms with Gasteiger partial charge in [0, 0.05) is 25.0 Å². The van der Waals surface area contributed by atoms with Gasteiger partial charge in [0.25, 0.3) is 0 Å². The normalized spacial score (nSPS) is 14.3. The van der Waals surface area contributed by atoms with Gasteiger partial charge in [-0.05, 0) is 42.7 Å². The predicted molar refractivity (Wildman–Crippen MR) is 94.7 cm³/mol. The molecule has 0 atom stereocenters. The summed E-state index contributed by atoms with van der Waals surface area (Å²) in [5.74, 6) is 1.39. The molecule has 1 aliphatic heterocycles. The highest BCUT2D eigenvalue weighted by molar-refractivity contribution is 5.90. The van der Waals surface area contributed by atoms with Crippen LogP contribution >= 0.6 is 0 Å². The van der Waals surface area contributed by atoms with E-state index in [1.54, 1.807) is 12.1 Å². The van der Waals surface area contributed by atoms with Crippen LogP contribution in [0.2, 0.25) is 0 Å². The molecule has 3 aromatic rings. The zero-order valence-corrected chi connectivity index (χ0v) is 13.4. The minimum atomic E-state index is -0.220. The molecule has 0 amide bonds. The van der Waals surface area contributed by atoms with E-state index in [4.69, 9.17) is 9.97 Å². The molecule has 122 valence electrons. The number of hydrogen-bond acceptors (Lipinski definition) is 4. The van der Waals surface area contributed by atoms with Crippen LogP contribution in [-0.2, 0) is 6.54 Å². The lowest BCUT2D eigenvalue weighted by Gasteiger charge is -2.18. The largest absolute Gasteiger partial charge is 0.365 e. The molecule has 4 rings (SSSR count). The highest BCUT2D eigenvalue weighted by Crippen LogP contribution is 2.25. The van der Waals surface area contributed by atoms with E-state index in [0.29, 0.717) is 6.54 Å². The molecule has 1 fully saturated rings. The van der Waals surface area contributed by atoms with E-state index >= 15 is 0 Å². The number of nitrogens with zero attached hydrogens (tertiary/aromatic N) is 3. The van der Waals surface area contributed by atoms with E-state index in [1.165, 1.54) is 25.0 Å². The maximum absolute atomic E-state index is 13.0. The molecule has 5 heteroatoms. The molecule has 1 aliphatic rings. The molecular formula is C19H19FN4. The Bertz CT molecular complexity index is 842. The van der Waals surface area contributed by atoms with Crippen molar-refractivity contribution in [3.63, 3.8) is 0 Å². The van der Waals surface area contributed by atoms with Crippen molar-refractivity contribution in [3.05, 3.63) is 59.9 Å². The van der Waals surface area contributed by atoms with Gasteiger partial charge in [-0.25, -0.2) is 9.37 Å². The van der Waals surface area contributed by atoms with Crippen LogP contribution in [0.3, 0.4) is 0 Å². The van der Waals surface area contributed by atoms with Gasteiger partial charge in [-0.1, -0.05) is 24.3 Å². The quantitative estimate of drug-likeness (QED) is 0.789. The van der Waals surface area contributed by atoms with Crippen LogP contribution in [-0.4, -0.2) is 23.1 Å². The van der Waals surface area contributed by atoms with Gasteiger partial charge < -0.3 is 10.2 Å². The summed E-state index contributed by atoms with van der Waals surface area (Å²) in [5.41, 5.74) is 1.96. The third-order valence-corrected chi connectivity index (χ3v) is 4.35. The summed E-state index contributed by atoms with van der Waals surface area (Å²) in [6.45, 7) is 2.62. The number of nitrogens with one attached hydrogen (secondary N) is 1. The van der Waals surface area contributed by atoms with Crippen molar-refractivity contribution in [2.75, 3.05) is 23.3 Å². The van der Waals surface area contributed by atoms with Gasteiger partial charge in [0.2, 0.25) is 5.95 Å². The number of para-hydroxylation sites is 1. The lowest BCUT2D eigenvalue weighted by atomic mass is 10.2. The van der Waals surface area contributed by atoms with Gasteiger partial charge in [-0.3, -0.25) is 0 Å². The summed E-state index contributed by atoms with van der Waals surface area (Å²) < 4.78 is 13.0. The predicted octanol–water partition coefficient (Wildman–Crippen LogP) is 3.98. The molecule has 0 unspecified atom stereocenters. The Morgan fingerprint density at radius 3 is 2.50 bits per heavy atom. The Labute approximate surface area is 140 Å². The standard InChI is InChI=1S/C19H19FN4/c20-15-9-7-14(8-10-15)13-21-18-16-5-1-2-6-17(16)22-19(23-18)24-11-3-4-12-24/h1-2,5-10H,3-4,11-13H2,(H,21,22,23). The number of aromatic nitrogens is 2. The third kappa shape index (κ3) is 3.02. The lowest BCUT2D eigenvalue weighted by molar-refractivity contribution is 0.627. The summed E-state index contributed by atoms with van der Waals surface area (Å²) in [6.07, 6.45) is 2.38. The van der Waals surface area contributed by atoms with Crippen LogP contribution in [0.15, 0.2) is 48.5 Å². The molecule has 1 N–H and O–H groups in total. The Hall–Kier alpha value is -2.69. The Balaban J connectivity index is 1.65. The molecule has 24 heavy (non-hydrogen) atoms. The van der Waals surface area contributed by atoms with Gasteiger partial charge >= 0.3 is 0 Å². The van der Waals surface area contributed by atoms with Gasteiger partial charge in [-0.15, -0.1) is 0 Å². The molecule has 0 radical (unpaired) electrons. The summed E-state index contributed by atoms with van der Waals surface area (Å²) in [5, 5.41) is 4.39. The molecule has 0 spiro atoms. The summed E-state index contributed by atoms with van der Waals surface area (Å²) in [7, 11) is 0. The first-order valence-corrected chi connectivity index (χ1v) is 8.30. The van der Waals surface area contributed by atoms with E-state index in [1.807, 2.05) is 24.3 Å². The molecule has 2 aromatic carbocycles. The SMILES string of the molecule is Fc1ccc(CNc2nc(N3CCCC3)nc3ccccc23)cc1. The van der Waals surface area contributed by atoms with Gasteiger partial charge in [0.15, 0.2) is 0 Å². The monoisotopic (exact) mass is 322 g/mol. The summed E-state index contributed by atoms with van der Waals surface area (Å²) in [6, 6.07) is 14.5. The fraction of sp³-hybridized carbons (Fsp3) is 0.263. The molecule has 2 heterocycles. The Morgan fingerprint density at radius 2 is 1.71 bits per heavy atom. The molecule has 4 nitrogen and oxygen atoms in total. The second kappa shape index (κ2) is 6.43. The van der Waals surface area contributed by atoms with Crippen molar-refractivity contribution >= 4 is 22.7 Å². The third-order valence-electron chi connectivity index (χ3n) is 4.35. The molecule has 0 aliphatic carbocycles. The van der Waals surface area contributed by atoms with Crippen LogP contribution in [0.5, 0.6) is 0 Å². The highest BCUT2D eigenvalue weighted by atomic mass is 19.1.